The maximum absolute atomic E-state index is 2.66. The van der Waals surface area contributed by atoms with Crippen molar-refractivity contribution in [3.05, 3.63) is 124 Å². The van der Waals surface area contributed by atoms with Gasteiger partial charge in [0.15, 0.2) is 0 Å². The fourth-order valence-electron chi connectivity index (χ4n) is 9.30. The summed E-state index contributed by atoms with van der Waals surface area (Å²) in [4.78, 5) is 5.25. The highest BCUT2D eigenvalue weighted by molar-refractivity contribution is 7.33. The fourth-order valence-corrected chi connectivity index (χ4v) is 10.6. The Bertz CT molecular complexity index is 2340. The lowest BCUT2D eigenvalue weighted by molar-refractivity contribution is 0.332. The van der Waals surface area contributed by atoms with Crippen molar-refractivity contribution in [2.24, 2.45) is 0 Å². The number of fused-ring (bicyclic) bond motifs is 7. The first kappa shape index (κ1) is 31.7. The first-order valence-corrected chi connectivity index (χ1v) is 19.3. The summed E-state index contributed by atoms with van der Waals surface area (Å²) in [6, 6.07) is 35.3. The molecule has 0 bridgehead atoms. The summed E-state index contributed by atoms with van der Waals surface area (Å²) < 4.78 is 2.82. The molecule has 0 atom stereocenters. The van der Waals surface area contributed by atoms with Crippen molar-refractivity contribution in [1.82, 2.24) is 0 Å². The van der Waals surface area contributed by atoms with Crippen LogP contribution in [-0.2, 0) is 10.8 Å². The standard InChI is InChI=1S/C46H47BN2S/c1-27(2)31-18-19-40-33(24-31)43-44(50-40)47-36-25-34-35(46(8,9)21-20-45(34,6)7)26-37(36)49(42-29(4)14-13-15-30(42)5)39-23-28(3)22-38(41(39)47)48(43)32-16-11-10-12-17-32/h10-19,22-27H,20-21H2,1-9H3. The molecule has 3 heterocycles. The van der Waals surface area contributed by atoms with Crippen molar-refractivity contribution in [2.75, 3.05) is 9.80 Å². The number of benzene rings is 5. The van der Waals surface area contributed by atoms with Gasteiger partial charge in [-0.15, -0.1) is 11.3 Å². The van der Waals surface area contributed by atoms with Crippen molar-refractivity contribution < 1.29 is 0 Å². The Balaban J connectivity index is 1.46. The van der Waals surface area contributed by atoms with Gasteiger partial charge in [-0.25, -0.2) is 0 Å². The first-order valence-electron chi connectivity index (χ1n) is 18.5. The van der Waals surface area contributed by atoms with Crippen LogP contribution in [0.15, 0.2) is 91.0 Å². The Hall–Kier alpha value is -4.28. The van der Waals surface area contributed by atoms with Gasteiger partial charge in [0.05, 0.1) is 11.4 Å². The second-order valence-electron chi connectivity index (χ2n) is 16.8. The minimum Gasteiger partial charge on any atom is -0.311 e. The van der Waals surface area contributed by atoms with Gasteiger partial charge in [0.25, 0.3) is 6.71 Å². The van der Waals surface area contributed by atoms with Crippen LogP contribution in [0.25, 0.3) is 10.1 Å². The molecule has 0 saturated heterocycles. The van der Waals surface area contributed by atoms with Gasteiger partial charge in [0, 0.05) is 37.6 Å². The molecule has 3 aliphatic rings. The number of hydrogen-bond acceptors (Lipinski definition) is 3. The largest absolute Gasteiger partial charge is 0.311 e. The SMILES string of the molecule is Cc1cc2c3c(c1)N(c1ccccc1)c1c(sc4ccc(C(C)C)cc14)B3c1cc3c(cc1N2c1c(C)cccc1C)C(C)(C)CCC3(C)C. The molecular weight excluding hydrogens is 623 g/mol. The molecule has 0 saturated carbocycles. The molecule has 0 amide bonds. The third kappa shape index (κ3) is 4.46. The van der Waals surface area contributed by atoms with E-state index in [9.17, 15) is 0 Å². The molecule has 1 aromatic heterocycles. The van der Waals surface area contributed by atoms with Crippen molar-refractivity contribution >= 4 is 78.0 Å². The number of rotatable bonds is 3. The van der Waals surface area contributed by atoms with Gasteiger partial charge < -0.3 is 9.80 Å². The van der Waals surface area contributed by atoms with Crippen LogP contribution in [0, 0.1) is 20.8 Å². The molecule has 50 heavy (non-hydrogen) atoms. The van der Waals surface area contributed by atoms with E-state index < -0.39 is 0 Å². The number of aryl methyl sites for hydroxylation is 3. The molecule has 0 unspecified atom stereocenters. The number of anilines is 6. The average molecular weight is 671 g/mol. The van der Waals surface area contributed by atoms with E-state index in [2.05, 4.69) is 163 Å². The molecule has 4 heteroatoms. The van der Waals surface area contributed by atoms with E-state index in [4.69, 9.17) is 0 Å². The summed E-state index contributed by atoms with van der Waals surface area (Å²) in [6.45, 7) is 21.5. The van der Waals surface area contributed by atoms with Crippen molar-refractivity contribution in [3.63, 3.8) is 0 Å². The van der Waals surface area contributed by atoms with Crippen LogP contribution in [0.3, 0.4) is 0 Å². The topological polar surface area (TPSA) is 6.48 Å². The van der Waals surface area contributed by atoms with Crippen molar-refractivity contribution in [3.8, 4) is 0 Å². The number of para-hydroxylation sites is 2. The number of thiophene rings is 1. The van der Waals surface area contributed by atoms with Crippen molar-refractivity contribution in [1.29, 1.82) is 0 Å². The van der Waals surface area contributed by atoms with Gasteiger partial charge in [-0.3, -0.25) is 0 Å². The zero-order chi connectivity index (χ0) is 34.9. The lowest BCUT2D eigenvalue weighted by atomic mass is 9.35. The Labute approximate surface area is 302 Å². The van der Waals surface area contributed by atoms with Crippen LogP contribution in [0.1, 0.15) is 93.7 Å². The van der Waals surface area contributed by atoms with Gasteiger partial charge in [0.1, 0.15) is 0 Å². The molecule has 5 aromatic carbocycles. The molecule has 0 fully saturated rings. The molecular formula is C46H47BN2S. The zero-order valence-electron chi connectivity index (χ0n) is 31.0. The smallest absolute Gasteiger partial charge is 0.264 e. The summed E-state index contributed by atoms with van der Waals surface area (Å²) >= 11 is 2.01. The van der Waals surface area contributed by atoms with Crippen LogP contribution < -0.4 is 25.5 Å². The second kappa shape index (κ2) is 10.9. The van der Waals surface area contributed by atoms with Crippen LogP contribution in [0.4, 0.5) is 34.1 Å². The molecule has 2 aliphatic heterocycles. The molecule has 9 rings (SSSR count). The lowest BCUT2D eigenvalue weighted by Crippen LogP contribution is -2.61. The monoisotopic (exact) mass is 670 g/mol. The third-order valence-electron chi connectivity index (χ3n) is 12.1. The zero-order valence-corrected chi connectivity index (χ0v) is 31.8. The van der Waals surface area contributed by atoms with Gasteiger partial charge in [-0.05, 0) is 137 Å². The third-order valence-corrected chi connectivity index (χ3v) is 13.4. The van der Waals surface area contributed by atoms with Gasteiger partial charge in [-0.2, -0.15) is 0 Å². The summed E-state index contributed by atoms with van der Waals surface area (Å²) in [5, 5.41) is 1.37. The normalized spacial score (nSPS) is 16.7. The van der Waals surface area contributed by atoms with Crippen LogP contribution in [-0.4, -0.2) is 6.71 Å². The quantitative estimate of drug-likeness (QED) is 0.173. The van der Waals surface area contributed by atoms with E-state index in [0.29, 0.717) is 5.92 Å². The molecule has 6 aromatic rings. The van der Waals surface area contributed by atoms with Gasteiger partial charge in [-0.1, -0.05) is 90.1 Å². The summed E-state index contributed by atoms with van der Waals surface area (Å²) in [7, 11) is 0. The summed E-state index contributed by atoms with van der Waals surface area (Å²) in [5.41, 5.74) is 19.3. The highest BCUT2D eigenvalue weighted by Gasteiger charge is 2.48. The first-order chi connectivity index (χ1) is 23.9. The van der Waals surface area contributed by atoms with E-state index in [-0.39, 0.29) is 17.5 Å². The minimum atomic E-state index is 0.108. The van der Waals surface area contributed by atoms with E-state index in [0.717, 1.165) is 0 Å². The van der Waals surface area contributed by atoms with Crippen LogP contribution >= 0.6 is 11.3 Å². The maximum atomic E-state index is 2.66. The molecule has 0 spiro atoms. The lowest BCUT2D eigenvalue weighted by Gasteiger charge is -2.47. The fraction of sp³-hybridized carbons (Fsp3) is 0.304. The predicted molar refractivity (Wildman–Crippen MR) is 219 cm³/mol. The van der Waals surface area contributed by atoms with Crippen molar-refractivity contribution in [2.45, 2.75) is 91.9 Å². The Kier molecular flexibility index (Phi) is 6.88. The van der Waals surface area contributed by atoms with Gasteiger partial charge >= 0.3 is 0 Å². The van der Waals surface area contributed by atoms with E-state index in [1.807, 2.05) is 11.3 Å². The molecule has 1 aliphatic carbocycles. The number of hydrogen-bond donors (Lipinski definition) is 0. The van der Waals surface area contributed by atoms with E-state index in [1.165, 1.54) is 106 Å². The Morgan fingerprint density at radius 3 is 1.96 bits per heavy atom. The number of nitrogens with zero attached hydrogens (tertiary/aromatic N) is 2. The summed E-state index contributed by atoms with van der Waals surface area (Å²) in [6.07, 6.45) is 2.40. The molecule has 0 radical (unpaired) electrons. The Morgan fingerprint density at radius 2 is 1.30 bits per heavy atom. The molecule has 250 valence electrons. The highest BCUT2D eigenvalue weighted by atomic mass is 32.1. The Morgan fingerprint density at radius 1 is 0.660 bits per heavy atom. The second-order valence-corrected chi connectivity index (χ2v) is 17.9. The molecule has 2 nitrogen and oxygen atoms in total. The predicted octanol–water partition coefficient (Wildman–Crippen LogP) is 11.4. The summed E-state index contributed by atoms with van der Waals surface area (Å²) in [5.74, 6) is 0.461. The van der Waals surface area contributed by atoms with Crippen LogP contribution in [0.2, 0.25) is 0 Å². The minimum absolute atomic E-state index is 0.108. The van der Waals surface area contributed by atoms with E-state index in [1.54, 1.807) is 0 Å². The highest BCUT2D eigenvalue weighted by Crippen LogP contribution is 2.52. The van der Waals surface area contributed by atoms with E-state index >= 15 is 0 Å². The maximum Gasteiger partial charge on any atom is 0.264 e. The van der Waals surface area contributed by atoms with Crippen LogP contribution in [0.5, 0.6) is 0 Å². The molecule has 0 N–H and O–H groups in total. The van der Waals surface area contributed by atoms with Gasteiger partial charge in [0.2, 0.25) is 0 Å². The average Bonchev–Trinajstić information content (AvgIpc) is 3.45.